The smallest absolute Gasteiger partial charge is 0.170 e. The van der Waals surface area contributed by atoms with E-state index in [1.54, 1.807) is 6.19 Å². The molecule has 0 saturated heterocycles. The summed E-state index contributed by atoms with van der Waals surface area (Å²) in [5.41, 5.74) is 0. The molecule has 2 nitrogen and oxygen atoms in total. The normalized spacial score (nSPS) is 13.9. The van der Waals surface area contributed by atoms with E-state index in [1.165, 1.54) is 23.5 Å². The topological polar surface area (TPSA) is 36.1 Å². The number of hydrogen-bond donors (Lipinski definition) is 0. The molecule has 0 aliphatic heterocycles. The second-order valence-electron chi connectivity index (χ2n) is 2.60. The van der Waals surface area contributed by atoms with Crippen LogP contribution in [0.4, 0.5) is 0 Å². The summed E-state index contributed by atoms with van der Waals surface area (Å²) in [6, 6.07) is 0. The molecule has 2 atom stereocenters. The summed E-state index contributed by atoms with van der Waals surface area (Å²) < 4.78 is 0.647. The van der Waals surface area contributed by atoms with Crippen molar-refractivity contribution in [3.63, 3.8) is 0 Å². The first kappa shape index (κ1) is 17.0. The predicted molar refractivity (Wildman–Crippen MR) is 78.7 cm³/mol. The van der Waals surface area contributed by atoms with E-state index in [0.717, 1.165) is 0 Å². The Morgan fingerprint density at radius 1 is 1.12 bits per heavy atom. The highest BCUT2D eigenvalue weighted by Gasteiger charge is 2.10. The highest BCUT2D eigenvalue weighted by Crippen LogP contribution is 2.22. The van der Waals surface area contributed by atoms with Crippen molar-refractivity contribution in [1.29, 1.82) is 5.26 Å². The van der Waals surface area contributed by atoms with Gasteiger partial charge in [-0.25, -0.2) is 0 Å². The fourth-order valence-corrected chi connectivity index (χ4v) is 3.25. The first-order chi connectivity index (χ1) is 7.63. The molecule has 0 bridgehead atoms. The molecule has 2 unspecified atom stereocenters. The van der Waals surface area contributed by atoms with Crippen LogP contribution in [-0.2, 0) is 0 Å². The molecule has 0 rings (SSSR count). The Morgan fingerprint density at radius 3 is 1.88 bits per heavy atom. The molecule has 0 aromatic heterocycles. The molecule has 0 amide bonds. The number of aliphatic imine (C=N–C) groups is 1. The molecule has 0 aromatic carbocycles. The number of nitrogens with zero attached hydrogens (tertiary/aromatic N) is 2. The standard InChI is InChI=1S/C8H10Cl4N2S2/c9-1-6(11)3-15-8(14-5-13)16-4-7(12)2-10/h6-7H,1-4H2. The summed E-state index contributed by atoms with van der Waals surface area (Å²) in [6.45, 7) is 0. The Balaban J connectivity index is 4.00. The minimum absolute atomic E-state index is 0.129. The second-order valence-corrected chi connectivity index (χ2v) is 6.73. The van der Waals surface area contributed by atoms with E-state index < -0.39 is 0 Å². The number of thioether (sulfide) groups is 2. The van der Waals surface area contributed by atoms with Crippen LogP contribution in [0.25, 0.3) is 0 Å². The number of halogens is 4. The Kier molecular flexibility index (Phi) is 11.8. The third-order valence-corrected chi connectivity index (χ3v) is 5.82. The zero-order chi connectivity index (χ0) is 12.4. The molecule has 16 heavy (non-hydrogen) atoms. The van der Waals surface area contributed by atoms with E-state index in [-0.39, 0.29) is 10.8 Å². The van der Waals surface area contributed by atoms with Gasteiger partial charge in [0.2, 0.25) is 6.19 Å². The molecular weight excluding hydrogens is 330 g/mol. The van der Waals surface area contributed by atoms with Crippen LogP contribution >= 0.6 is 69.9 Å². The summed E-state index contributed by atoms with van der Waals surface area (Å²) in [6.07, 6.45) is 1.75. The van der Waals surface area contributed by atoms with Gasteiger partial charge in [0.25, 0.3) is 0 Å². The summed E-state index contributed by atoms with van der Waals surface area (Å²) in [5.74, 6) is 1.98. The number of hydrogen-bond acceptors (Lipinski definition) is 4. The molecule has 0 aliphatic carbocycles. The fraction of sp³-hybridized carbons (Fsp3) is 0.750. The van der Waals surface area contributed by atoms with Crippen molar-refractivity contribution in [2.75, 3.05) is 23.3 Å². The molecule has 0 saturated carbocycles. The van der Waals surface area contributed by atoms with Crippen LogP contribution in [0.2, 0.25) is 0 Å². The average molecular weight is 340 g/mol. The Morgan fingerprint density at radius 2 is 1.56 bits per heavy atom. The van der Waals surface area contributed by atoms with Gasteiger partial charge in [-0.15, -0.1) is 46.4 Å². The molecule has 8 heteroatoms. The average Bonchev–Trinajstić information content (AvgIpc) is 2.31. The van der Waals surface area contributed by atoms with Gasteiger partial charge in [-0.2, -0.15) is 10.3 Å². The molecule has 92 valence electrons. The first-order valence-electron chi connectivity index (χ1n) is 4.26. The van der Waals surface area contributed by atoms with Gasteiger partial charge in [0.1, 0.15) is 4.38 Å². The van der Waals surface area contributed by atoms with Gasteiger partial charge in [0.05, 0.1) is 10.8 Å². The van der Waals surface area contributed by atoms with Gasteiger partial charge in [-0.1, -0.05) is 23.5 Å². The van der Waals surface area contributed by atoms with Crippen molar-refractivity contribution in [3.05, 3.63) is 0 Å². The summed E-state index contributed by atoms with van der Waals surface area (Å²) >= 11 is 25.6. The molecule has 0 fully saturated rings. The lowest BCUT2D eigenvalue weighted by Gasteiger charge is -2.08. The van der Waals surface area contributed by atoms with Crippen molar-refractivity contribution >= 4 is 74.3 Å². The van der Waals surface area contributed by atoms with Crippen LogP contribution in [0.3, 0.4) is 0 Å². The Labute approximate surface area is 124 Å². The van der Waals surface area contributed by atoms with Crippen molar-refractivity contribution in [2.45, 2.75) is 10.8 Å². The monoisotopic (exact) mass is 338 g/mol. The Hall–Kier alpha value is 1.02. The fourth-order valence-electron chi connectivity index (χ4n) is 0.560. The number of nitriles is 1. The van der Waals surface area contributed by atoms with Gasteiger partial charge in [-0.05, 0) is 0 Å². The molecule has 0 aliphatic rings. The minimum atomic E-state index is -0.129. The molecular formula is C8H10Cl4N2S2. The van der Waals surface area contributed by atoms with E-state index in [9.17, 15) is 0 Å². The maximum Gasteiger partial charge on any atom is 0.207 e. The first-order valence-corrected chi connectivity index (χ1v) is 8.17. The highest BCUT2D eigenvalue weighted by atomic mass is 35.5. The molecule has 0 spiro atoms. The van der Waals surface area contributed by atoms with Crippen LogP contribution in [-0.4, -0.2) is 38.4 Å². The van der Waals surface area contributed by atoms with Crippen molar-refractivity contribution < 1.29 is 0 Å². The third kappa shape index (κ3) is 9.09. The number of alkyl halides is 4. The quantitative estimate of drug-likeness (QED) is 0.318. The van der Waals surface area contributed by atoms with E-state index in [2.05, 4.69) is 4.99 Å². The van der Waals surface area contributed by atoms with Gasteiger partial charge in [-0.3, -0.25) is 0 Å². The van der Waals surface area contributed by atoms with Crippen molar-refractivity contribution in [3.8, 4) is 6.19 Å². The van der Waals surface area contributed by atoms with Crippen molar-refractivity contribution in [1.82, 2.24) is 0 Å². The maximum atomic E-state index is 8.50. The minimum Gasteiger partial charge on any atom is -0.170 e. The zero-order valence-electron chi connectivity index (χ0n) is 8.21. The number of rotatable bonds is 6. The third-order valence-electron chi connectivity index (χ3n) is 1.25. The van der Waals surface area contributed by atoms with E-state index in [4.69, 9.17) is 51.7 Å². The lowest BCUT2D eigenvalue weighted by molar-refractivity contribution is 1.13. The highest BCUT2D eigenvalue weighted by molar-refractivity contribution is 8.39. The van der Waals surface area contributed by atoms with Crippen LogP contribution in [0, 0.1) is 11.5 Å². The molecule has 0 aromatic rings. The van der Waals surface area contributed by atoms with Gasteiger partial charge < -0.3 is 0 Å². The maximum absolute atomic E-state index is 8.50. The van der Waals surface area contributed by atoms with Crippen LogP contribution in [0.5, 0.6) is 0 Å². The Bertz CT molecular complexity index is 241. The van der Waals surface area contributed by atoms with Crippen LogP contribution in [0.1, 0.15) is 0 Å². The van der Waals surface area contributed by atoms with Gasteiger partial charge >= 0.3 is 0 Å². The van der Waals surface area contributed by atoms with E-state index in [1.807, 2.05) is 0 Å². The van der Waals surface area contributed by atoms with Crippen molar-refractivity contribution in [2.24, 2.45) is 4.99 Å². The van der Waals surface area contributed by atoms with Gasteiger partial charge in [0, 0.05) is 23.3 Å². The van der Waals surface area contributed by atoms with Crippen LogP contribution in [0.15, 0.2) is 4.99 Å². The summed E-state index contributed by atoms with van der Waals surface area (Å²) in [5, 5.41) is 8.24. The van der Waals surface area contributed by atoms with Crippen LogP contribution < -0.4 is 0 Å². The van der Waals surface area contributed by atoms with Gasteiger partial charge in [0.15, 0.2) is 0 Å². The second kappa shape index (κ2) is 11.1. The zero-order valence-corrected chi connectivity index (χ0v) is 12.9. The summed E-state index contributed by atoms with van der Waals surface area (Å²) in [4.78, 5) is 3.68. The summed E-state index contributed by atoms with van der Waals surface area (Å²) in [7, 11) is 0. The molecule has 0 heterocycles. The lowest BCUT2D eigenvalue weighted by Crippen LogP contribution is -2.08. The largest absolute Gasteiger partial charge is 0.207 e. The van der Waals surface area contributed by atoms with E-state index >= 15 is 0 Å². The molecule has 0 N–H and O–H groups in total. The SMILES string of the molecule is N#CN=C(SCC(Cl)CCl)SCC(Cl)CCl. The lowest BCUT2D eigenvalue weighted by atomic mass is 10.6. The van der Waals surface area contributed by atoms with E-state index in [0.29, 0.717) is 27.6 Å². The predicted octanol–water partition coefficient (Wildman–Crippen LogP) is 3.98. The molecule has 0 radical (unpaired) electrons.